The third kappa shape index (κ3) is 6.84. The van der Waals surface area contributed by atoms with Gasteiger partial charge in [-0.1, -0.05) is 26.0 Å². The molecule has 1 aromatic carbocycles. The largest absolute Gasteiger partial charge is 0.379 e. The molecule has 0 spiro atoms. The fourth-order valence-corrected chi connectivity index (χ4v) is 3.23. The van der Waals surface area contributed by atoms with Crippen molar-refractivity contribution in [2.75, 3.05) is 39.4 Å². The number of rotatable bonds is 8. The lowest BCUT2D eigenvalue weighted by Crippen LogP contribution is -2.52. The summed E-state index contributed by atoms with van der Waals surface area (Å²) >= 11 is 0. The fourth-order valence-electron chi connectivity index (χ4n) is 3.23. The number of hydrogen-bond donors (Lipinski definition) is 3. The summed E-state index contributed by atoms with van der Waals surface area (Å²) in [7, 11) is 0. The van der Waals surface area contributed by atoms with Crippen LogP contribution < -0.4 is 16.4 Å². The Labute approximate surface area is 162 Å². The molecule has 4 N–H and O–H groups in total. The smallest absolute Gasteiger partial charge is 0.248 e. The van der Waals surface area contributed by atoms with Gasteiger partial charge in [0, 0.05) is 37.8 Å². The lowest BCUT2D eigenvalue weighted by atomic mass is 10.0. The van der Waals surface area contributed by atoms with Crippen LogP contribution in [-0.4, -0.2) is 62.2 Å². The van der Waals surface area contributed by atoms with E-state index < -0.39 is 5.91 Å². The molecule has 2 rings (SSSR count). The molecule has 1 aliphatic rings. The van der Waals surface area contributed by atoms with E-state index >= 15 is 0 Å². The number of primary amides is 1. The molecule has 27 heavy (non-hydrogen) atoms. The first kappa shape index (κ1) is 21.2. The van der Waals surface area contributed by atoms with Crippen LogP contribution in [0.25, 0.3) is 0 Å². The highest BCUT2D eigenvalue weighted by Crippen LogP contribution is 2.12. The molecule has 1 fully saturated rings. The van der Waals surface area contributed by atoms with Crippen LogP contribution in [0.1, 0.15) is 36.7 Å². The van der Waals surface area contributed by atoms with Gasteiger partial charge in [0.1, 0.15) is 0 Å². The molecule has 1 atom stereocenters. The van der Waals surface area contributed by atoms with E-state index in [0.29, 0.717) is 24.1 Å². The second-order valence-electron chi connectivity index (χ2n) is 7.10. The van der Waals surface area contributed by atoms with Crippen LogP contribution in [0.4, 0.5) is 0 Å². The zero-order valence-corrected chi connectivity index (χ0v) is 16.7. The van der Waals surface area contributed by atoms with Crippen LogP contribution in [0.5, 0.6) is 0 Å². The topological polar surface area (TPSA) is 92.0 Å². The minimum Gasteiger partial charge on any atom is -0.379 e. The number of carbonyl (C=O) groups is 1. The average molecular weight is 376 g/mol. The van der Waals surface area contributed by atoms with Crippen LogP contribution in [0.2, 0.25) is 0 Å². The van der Waals surface area contributed by atoms with Gasteiger partial charge in [-0.2, -0.15) is 0 Å². The molecule has 0 saturated carbocycles. The van der Waals surface area contributed by atoms with Crippen molar-refractivity contribution in [3.05, 3.63) is 35.4 Å². The highest BCUT2D eigenvalue weighted by molar-refractivity contribution is 5.92. The Hall–Kier alpha value is -2.12. The summed E-state index contributed by atoms with van der Waals surface area (Å²) in [5.74, 6) is 0.891. The van der Waals surface area contributed by atoms with E-state index in [-0.39, 0.29) is 0 Å². The maximum absolute atomic E-state index is 11.3. The molecule has 7 heteroatoms. The molecule has 1 unspecified atom stereocenters. The van der Waals surface area contributed by atoms with Gasteiger partial charge in [0.15, 0.2) is 5.96 Å². The molecule has 0 aromatic heterocycles. The predicted octanol–water partition coefficient (Wildman–Crippen LogP) is 1.20. The Kier molecular flexibility index (Phi) is 8.54. The van der Waals surface area contributed by atoms with Crippen LogP contribution >= 0.6 is 0 Å². The van der Waals surface area contributed by atoms with Crippen molar-refractivity contribution in [2.24, 2.45) is 16.6 Å². The van der Waals surface area contributed by atoms with Crippen LogP contribution in [0.3, 0.4) is 0 Å². The van der Waals surface area contributed by atoms with Crippen LogP contribution in [-0.2, 0) is 11.3 Å². The number of nitrogens with two attached hydrogens (primary N) is 1. The molecular weight excluding hydrogens is 342 g/mol. The number of nitrogens with one attached hydrogen (secondary N) is 2. The molecule has 1 amide bonds. The number of carbonyl (C=O) groups excluding carboxylic acids is 1. The minimum atomic E-state index is -0.420. The molecule has 1 heterocycles. The summed E-state index contributed by atoms with van der Waals surface area (Å²) in [5, 5.41) is 6.76. The van der Waals surface area contributed by atoms with Crippen molar-refractivity contribution >= 4 is 11.9 Å². The number of ether oxygens (including phenoxy) is 1. The number of morpholine rings is 1. The van der Waals surface area contributed by atoms with E-state index in [1.54, 1.807) is 12.1 Å². The molecule has 7 nitrogen and oxygen atoms in total. The first-order chi connectivity index (χ1) is 13.0. The number of aliphatic imine (C=N–C) groups is 1. The first-order valence-corrected chi connectivity index (χ1v) is 9.74. The van der Waals surface area contributed by atoms with Crippen molar-refractivity contribution in [3.63, 3.8) is 0 Å². The van der Waals surface area contributed by atoms with E-state index in [0.717, 1.165) is 50.9 Å². The second kappa shape index (κ2) is 10.9. The lowest BCUT2D eigenvalue weighted by Gasteiger charge is -2.37. The Bertz CT molecular complexity index is 627. The van der Waals surface area contributed by atoms with E-state index in [9.17, 15) is 4.79 Å². The van der Waals surface area contributed by atoms with Crippen molar-refractivity contribution in [1.29, 1.82) is 0 Å². The molecule has 150 valence electrons. The molecule has 1 aliphatic heterocycles. The average Bonchev–Trinajstić information content (AvgIpc) is 2.67. The number of nitrogens with zero attached hydrogens (tertiary/aromatic N) is 2. The molecule has 0 aliphatic carbocycles. The van der Waals surface area contributed by atoms with Crippen LogP contribution in [0, 0.1) is 5.92 Å². The Morgan fingerprint density at radius 1 is 1.30 bits per heavy atom. The normalized spacial score (nSPS) is 17.0. The number of hydrogen-bond acceptors (Lipinski definition) is 4. The van der Waals surface area contributed by atoms with Gasteiger partial charge in [0.05, 0.1) is 19.8 Å². The van der Waals surface area contributed by atoms with E-state index in [4.69, 9.17) is 10.5 Å². The van der Waals surface area contributed by atoms with E-state index in [1.807, 2.05) is 19.1 Å². The summed E-state index contributed by atoms with van der Waals surface area (Å²) in [4.78, 5) is 18.5. The van der Waals surface area contributed by atoms with E-state index in [1.165, 1.54) is 0 Å². The molecular formula is C20H33N5O2. The summed E-state index contributed by atoms with van der Waals surface area (Å²) in [6.45, 7) is 12.2. The molecule has 1 saturated heterocycles. The summed E-state index contributed by atoms with van der Waals surface area (Å²) < 4.78 is 5.48. The highest BCUT2D eigenvalue weighted by atomic mass is 16.5. The fraction of sp³-hybridized carbons (Fsp3) is 0.600. The maximum atomic E-state index is 11.3. The Morgan fingerprint density at radius 2 is 2.04 bits per heavy atom. The zero-order chi connectivity index (χ0) is 19.6. The monoisotopic (exact) mass is 375 g/mol. The Balaban J connectivity index is 1.99. The quantitative estimate of drug-likeness (QED) is 0.469. The standard InChI is InChI=1S/C20H33N5O2/c1-4-22-20(23-13-16-6-5-7-17(12-16)19(21)26)24-14-18(15(2)3)25-8-10-27-11-9-25/h5-7,12,15,18H,4,8-11,13-14H2,1-3H3,(H2,21,26)(H2,22,23,24). The Morgan fingerprint density at radius 3 is 2.67 bits per heavy atom. The number of amides is 1. The van der Waals surface area contributed by atoms with Crippen LogP contribution in [0.15, 0.2) is 29.3 Å². The summed E-state index contributed by atoms with van der Waals surface area (Å²) in [5.41, 5.74) is 6.82. The first-order valence-electron chi connectivity index (χ1n) is 9.74. The van der Waals surface area contributed by atoms with Gasteiger partial charge in [0.25, 0.3) is 0 Å². The van der Waals surface area contributed by atoms with Crippen molar-refractivity contribution < 1.29 is 9.53 Å². The van der Waals surface area contributed by atoms with Gasteiger partial charge in [-0.3, -0.25) is 9.69 Å². The third-order valence-electron chi connectivity index (χ3n) is 4.74. The van der Waals surface area contributed by atoms with Gasteiger partial charge in [-0.15, -0.1) is 0 Å². The summed E-state index contributed by atoms with van der Waals surface area (Å²) in [6.07, 6.45) is 0. The third-order valence-corrected chi connectivity index (χ3v) is 4.74. The van der Waals surface area contributed by atoms with Gasteiger partial charge < -0.3 is 21.1 Å². The molecule has 1 aromatic rings. The molecule has 0 radical (unpaired) electrons. The highest BCUT2D eigenvalue weighted by Gasteiger charge is 2.23. The maximum Gasteiger partial charge on any atom is 0.248 e. The van der Waals surface area contributed by atoms with Crippen molar-refractivity contribution in [1.82, 2.24) is 15.5 Å². The van der Waals surface area contributed by atoms with Crippen molar-refractivity contribution in [3.8, 4) is 0 Å². The minimum absolute atomic E-state index is 0.420. The van der Waals surface area contributed by atoms with E-state index in [2.05, 4.69) is 34.4 Å². The predicted molar refractivity (Wildman–Crippen MR) is 109 cm³/mol. The van der Waals surface area contributed by atoms with Gasteiger partial charge >= 0.3 is 0 Å². The number of benzene rings is 1. The lowest BCUT2D eigenvalue weighted by molar-refractivity contribution is 0.00752. The zero-order valence-electron chi connectivity index (χ0n) is 16.7. The summed E-state index contributed by atoms with van der Waals surface area (Å²) in [6, 6.07) is 7.72. The van der Waals surface area contributed by atoms with Gasteiger partial charge in [0.2, 0.25) is 5.91 Å². The molecule has 0 bridgehead atoms. The van der Waals surface area contributed by atoms with Gasteiger partial charge in [-0.05, 0) is 30.5 Å². The van der Waals surface area contributed by atoms with Crippen molar-refractivity contribution in [2.45, 2.75) is 33.4 Å². The van der Waals surface area contributed by atoms with Gasteiger partial charge in [-0.25, -0.2) is 4.99 Å². The second-order valence-corrected chi connectivity index (χ2v) is 7.10. The number of guanidine groups is 1. The SMILES string of the molecule is CCNC(=NCc1cccc(C(N)=O)c1)NCC(C(C)C)N1CCOCC1.